The highest BCUT2D eigenvalue weighted by molar-refractivity contribution is 5.92. The zero-order valence-corrected chi connectivity index (χ0v) is 12.6. The lowest BCUT2D eigenvalue weighted by atomic mass is 9.97. The number of piperidine rings is 1. The van der Waals surface area contributed by atoms with Gasteiger partial charge >= 0.3 is 0 Å². The molecule has 1 saturated carbocycles. The summed E-state index contributed by atoms with van der Waals surface area (Å²) in [5.74, 6) is 0.637. The highest BCUT2D eigenvalue weighted by Gasteiger charge is 2.31. The van der Waals surface area contributed by atoms with Crippen molar-refractivity contribution >= 4 is 11.6 Å². The average molecular weight is 288 g/mol. The molecule has 21 heavy (non-hydrogen) atoms. The van der Waals surface area contributed by atoms with Gasteiger partial charge in [-0.15, -0.1) is 0 Å². The molecule has 1 saturated heterocycles. The lowest BCUT2D eigenvalue weighted by Crippen LogP contribution is -2.37. The minimum Gasteiger partial charge on any atom is -0.368 e. The Kier molecular flexibility index (Phi) is 4.39. The van der Waals surface area contributed by atoms with Crippen LogP contribution in [0.25, 0.3) is 0 Å². The van der Waals surface area contributed by atoms with E-state index in [4.69, 9.17) is 0 Å². The molecule has 1 aliphatic heterocycles. The second kappa shape index (κ2) is 6.43. The van der Waals surface area contributed by atoms with Crippen molar-refractivity contribution in [2.24, 2.45) is 5.92 Å². The summed E-state index contributed by atoms with van der Waals surface area (Å²) in [5, 5.41) is 6.07. The summed E-state index contributed by atoms with van der Waals surface area (Å²) < 4.78 is 0. The zero-order valence-electron chi connectivity index (χ0n) is 12.6. The Balaban J connectivity index is 1.75. The molecule has 2 heterocycles. The van der Waals surface area contributed by atoms with Crippen molar-refractivity contribution in [3.63, 3.8) is 0 Å². The number of nitrogens with zero attached hydrogens (tertiary/aromatic N) is 2. The Bertz CT molecular complexity index is 495. The molecule has 2 N–H and O–H groups in total. The van der Waals surface area contributed by atoms with Crippen LogP contribution in [0.4, 0.5) is 5.69 Å². The molecular formula is C16H24N4O. The molecule has 0 aromatic carbocycles. The van der Waals surface area contributed by atoms with E-state index in [1.54, 1.807) is 13.2 Å². The van der Waals surface area contributed by atoms with E-state index >= 15 is 0 Å². The van der Waals surface area contributed by atoms with Crippen LogP contribution in [0.3, 0.4) is 0 Å². The number of aromatic nitrogens is 1. The van der Waals surface area contributed by atoms with Crippen LogP contribution in [0, 0.1) is 5.92 Å². The van der Waals surface area contributed by atoms with Crippen LogP contribution in [0.1, 0.15) is 36.2 Å². The Morgan fingerprint density at radius 1 is 1.38 bits per heavy atom. The summed E-state index contributed by atoms with van der Waals surface area (Å²) in [5.41, 5.74) is 1.65. The maximum absolute atomic E-state index is 11.8. The van der Waals surface area contributed by atoms with Gasteiger partial charge in [0.1, 0.15) is 5.69 Å². The molecule has 0 radical (unpaired) electrons. The van der Waals surface area contributed by atoms with Crippen molar-refractivity contribution < 1.29 is 4.79 Å². The number of carbonyl (C=O) groups is 1. The van der Waals surface area contributed by atoms with Gasteiger partial charge in [-0.1, -0.05) is 0 Å². The molecule has 0 unspecified atom stereocenters. The fourth-order valence-corrected chi connectivity index (χ4v) is 3.04. The predicted octanol–water partition coefficient (Wildman–Crippen LogP) is 1.41. The van der Waals surface area contributed by atoms with Gasteiger partial charge in [-0.05, 0) is 56.8 Å². The number of amides is 1. The van der Waals surface area contributed by atoms with Crippen molar-refractivity contribution in [2.45, 2.75) is 31.7 Å². The number of anilines is 1. The van der Waals surface area contributed by atoms with Crippen molar-refractivity contribution in [1.82, 2.24) is 15.6 Å². The summed E-state index contributed by atoms with van der Waals surface area (Å²) in [4.78, 5) is 18.4. The van der Waals surface area contributed by atoms with Crippen LogP contribution >= 0.6 is 0 Å². The normalized spacial score (nSPS) is 19.3. The van der Waals surface area contributed by atoms with E-state index in [9.17, 15) is 4.79 Å². The predicted molar refractivity (Wildman–Crippen MR) is 83.6 cm³/mol. The smallest absolute Gasteiger partial charge is 0.269 e. The molecule has 0 atom stereocenters. The first-order valence-corrected chi connectivity index (χ1v) is 7.93. The summed E-state index contributed by atoms with van der Waals surface area (Å²) in [7, 11) is 1.64. The third kappa shape index (κ3) is 3.53. The molecule has 2 fully saturated rings. The molecule has 1 amide bonds. The van der Waals surface area contributed by atoms with Crippen molar-refractivity contribution in [3.05, 3.63) is 24.0 Å². The van der Waals surface area contributed by atoms with E-state index < -0.39 is 0 Å². The zero-order chi connectivity index (χ0) is 14.7. The highest BCUT2D eigenvalue weighted by atomic mass is 16.1. The first-order chi connectivity index (χ1) is 10.3. The number of carbonyl (C=O) groups excluding carboxylic acids is 1. The Morgan fingerprint density at radius 2 is 2.14 bits per heavy atom. The third-order valence-corrected chi connectivity index (χ3v) is 4.44. The van der Waals surface area contributed by atoms with E-state index in [0.29, 0.717) is 11.7 Å². The van der Waals surface area contributed by atoms with Gasteiger partial charge in [0.25, 0.3) is 5.91 Å². The highest BCUT2D eigenvalue weighted by Crippen LogP contribution is 2.33. The van der Waals surface area contributed by atoms with Gasteiger partial charge in [-0.25, -0.2) is 0 Å². The fourth-order valence-electron chi connectivity index (χ4n) is 3.04. The van der Waals surface area contributed by atoms with Gasteiger partial charge in [0.2, 0.25) is 0 Å². The minimum absolute atomic E-state index is 0.116. The Hall–Kier alpha value is -1.62. The standard InChI is InChI=1S/C16H24N4O/c1-17-16(21)15-10-14(6-9-19-15)20(13-2-3-13)11-12-4-7-18-8-5-12/h6,9-10,12-13,18H,2-5,7-8,11H2,1H3,(H,17,21). The van der Waals surface area contributed by atoms with Gasteiger partial charge < -0.3 is 15.5 Å². The van der Waals surface area contributed by atoms with Gasteiger partial charge in [0.15, 0.2) is 0 Å². The average Bonchev–Trinajstić information content (AvgIpc) is 3.38. The van der Waals surface area contributed by atoms with Crippen LogP contribution < -0.4 is 15.5 Å². The molecule has 0 bridgehead atoms. The quantitative estimate of drug-likeness (QED) is 0.860. The molecule has 1 aliphatic carbocycles. The molecule has 3 rings (SSSR count). The molecular weight excluding hydrogens is 264 g/mol. The van der Waals surface area contributed by atoms with E-state index in [2.05, 4.69) is 20.5 Å². The van der Waals surface area contributed by atoms with Gasteiger partial charge in [0, 0.05) is 31.5 Å². The first-order valence-electron chi connectivity index (χ1n) is 7.93. The third-order valence-electron chi connectivity index (χ3n) is 4.44. The minimum atomic E-state index is -0.116. The lowest BCUT2D eigenvalue weighted by molar-refractivity contribution is 0.0958. The maximum Gasteiger partial charge on any atom is 0.269 e. The summed E-state index contributed by atoms with van der Waals surface area (Å²) in [6.45, 7) is 3.36. The topological polar surface area (TPSA) is 57.3 Å². The van der Waals surface area contributed by atoms with Crippen molar-refractivity contribution in [2.75, 3.05) is 31.6 Å². The van der Waals surface area contributed by atoms with Crippen LogP contribution in [-0.4, -0.2) is 43.6 Å². The molecule has 5 nitrogen and oxygen atoms in total. The fraction of sp³-hybridized carbons (Fsp3) is 0.625. The van der Waals surface area contributed by atoms with Crippen molar-refractivity contribution in [1.29, 1.82) is 0 Å². The van der Waals surface area contributed by atoms with Crippen LogP contribution in [-0.2, 0) is 0 Å². The second-order valence-corrected chi connectivity index (χ2v) is 6.06. The number of hydrogen-bond donors (Lipinski definition) is 2. The monoisotopic (exact) mass is 288 g/mol. The number of nitrogens with one attached hydrogen (secondary N) is 2. The molecule has 1 aromatic rings. The largest absolute Gasteiger partial charge is 0.368 e. The number of hydrogen-bond acceptors (Lipinski definition) is 4. The molecule has 1 aromatic heterocycles. The molecule has 2 aliphatic rings. The summed E-state index contributed by atoms with van der Waals surface area (Å²) >= 11 is 0. The van der Waals surface area contributed by atoms with E-state index in [0.717, 1.165) is 31.2 Å². The van der Waals surface area contributed by atoms with Crippen molar-refractivity contribution in [3.8, 4) is 0 Å². The molecule has 5 heteroatoms. The van der Waals surface area contributed by atoms with Gasteiger partial charge in [-0.3, -0.25) is 9.78 Å². The van der Waals surface area contributed by atoms with Gasteiger partial charge in [-0.2, -0.15) is 0 Å². The Labute approximate surface area is 126 Å². The maximum atomic E-state index is 11.8. The van der Waals surface area contributed by atoms with E-state index in [-0.39, 0.29) is 5.91 Å². The Morgan fingerprint density at radius 3 is 2.81 bits per heavy atom. The SMILES string of the molecule is CNC(=O)c1cc(N(CC2CCNCC2)C2CC2)ccn1. The van der Waals surface area contributed by atoms with Gasteiger partial charge in [0.05, 0.1) is 0 Å². The van der Waals surface area contributed by atoms with Crippen LogP contribution in [0.15, 0.2) is 18.3 Å². The van der Waals surface area contributed by atoms with Crippen LogP contribution in [0.5, 0.6) is 0 Å². The number of pyridine rings is 1. The first kappa shape index (κ1) is 14.3. The van der Waals surface area contributed by atoms with E-state index in [1.807, 2.05) is 12.1 Å². The molecule has 114 valence electrons. The lowest BCUT2D eigenvalue weighted by Gasteiger charge is -2.32. The molecule has 0 spiro atoms. The van der Waals surface area contributed by atoms with E-state index in [1.165, 1.54) is 25.7 Å². The summed E-state index contributed by atoms with van der Waals surface area (Å²) in [6, 6.07) is 4.61. The van der Waals surface area contributed by atoms with Crippen LogP contribution in [0.2, 0.25) is 0 Å². The second-order valence-electron chi connectivity index (χ2n) is 6.06. The summed E-state index contributed by atoms with van der Waals surface area (Å²) in [6.07, 6.45) is 6.77. The number of rotatable bonds is 5.